The van der Waals surface area contributed by atoms with Crippen LogP contribution in [0.5, 0.6) is 0 Å². The molecule has 1 aliphatic heterocycles. The average Bonchev–Trinajstić information content (AvgIpc) is 3.32. The van der Waals surface area contributed by atoms with Gasteiger partial charge in [-0.15, -0.1) is 0 Å². The minimum absolute atomic E-state index is 0.0630. The number of aryl methyl sites for hydroxylation is 1. The van der Waals surface area contributed by atoms with Gasteiger partial charge in [0.25, 0.3) is 5.91 Å². The Kier molecular flexibility index (Phi) is 7.92. The number of nitrogens with one attached hydrogen (secondary N) is 1. The molecule has 0 radical (unpaired) electrons. The first kappa shape index (κ1) is 28.1. The number of carbonyl (C=O) groups is 1. The zero-order valence-corrected chi connectivity index (χ0v) is 22.7. The fraction of sp³-hybridized carbons (Fsp3) is 0.310. The van der Waals surface area contributed by atoms with Gasteiger partial charge < -0.3 is 16.0 Å². The van der Waals surface area contributed by atoms with Crippen LogP contribution in [0.4, 0.5) is 24.7 Å². The molecule has 0 aliphatic carbocycles. The van der Waals surface area contributed by atoms with Crippen LogP contribution in [-0.4, -0.2) is 68.7 Å². The highest BCUT2D eigenvalue weighted by Crippen LogP contribution is 2.34. The van der Waals surface area contributed by atoms with Crippen molar-refractivity contribution in [3.05, 3.63) is 76.7 Å². The summed E-state index contributed by atoms with van der Waals surface area (Å²) in [6.07, 6.45) is -3.19. The van der Waals surface area contributed by atoms with E-state index in [2.05, 4.69) is 37.1 Å². The molecule has 212 valence electrons. The molecule has 5 rings (SSSR count). The highest BCUT2D eigenvalue weighted by Gasteiger charge is 2.34. The lowest BCUT2D eigenvalue weighted by molar-refractivity contribution is -0.138. The summed E-state index contributed by atoms with van der Waals surface area (Å²) in [7, 11) is 1.99. The third-order valence-corrected chi connectivity index (χ3v) is 6.97. The van der Waals surface area contributed by atoms with Gasteiger partial charge in [-0.05, 0) is 55.8 Å². The van der Waals surface area contributed by atoms with Crippen molar-refractivity contribution in [1.82, 2.24) is 29.5 Å². The van der Waals surface area contributed by atoms with Gasteiger partial charge in [0.2, 0.25) is 0 Å². The van der Waals surface area contributed by atoms with Crippen LogP contribution in [0.1, 0.15) is 39.7 Å². The van der Waals surface area contributed by atoms with Crippen molar-refractivity contribution >= 4 is 28.4 Å². The lowest BCUT2D eigenvalue weighted by Crippen LogP contribution is -2.44. The summed E-state index contributed by atoms with van der Waals surface area (Å²) in [6, 6.07) is 10.4. The van der Waals surface area contributed by atoms with Crippen molar-refractivity contribution in [3.63, 3.8) is 0 Å². The van der Waals surface area contributed by atoms with Crippen molar-refractivity contribution in [2.45, 2.75) is 26.2 Å². The average molecular weight is 563 g/mol. The van der Waals surface area contributed by atoms with Crippen molar-refractivity contribution in [3.8, 4) is 11.8 Å². The number of likely N-dealkylation sites (N-methyl/N-ethyl adjacent to an activating group) is 1. The fourth-order valence-corrected chi connectivity index (χ4v) is 4.71. The van der Waals surface area contributed by atoms with Crippen LogP contribution in [0, 0.1) is 11.8 Å². The van der Waals surface area contributed by atoms with E-state index in [0.29, 0.717) is 41.9 Å². The van der Waals surface area contributed by atoms with Crippen LogP contribution in [0.15, 0.2) is 48.8 Å². The van der Waals surface area contributed by atoms with E-state index in [1.807, 2.05) is 18.9 Å². The zero-order valence-electron chi connectivity index (χ0n) is 22.7. The Morgan fingerprint density at radius 2 is 1.85 bits per heavy atom. The van der Waals surface area contributed by atoms with Gasteiger partial charge in [-0.2, -0.15) is 18.3 Å². The number of nitrogen functional groups attached to an aromatic ring is 1. The van der Waals surface area contributed by atoms with Gasteiger partial charge in [-0.3, -0.25) is 9.69 Å². The summed E-state index contributed by atoms with van der Waals surface area (Å²) in [5.74, 6) is 5.67. The molecule has 0 bridgehead atoms. The normalized spacial score (nSPS) is 14.6. The van der Waals surface area contributed by atoms with E-state index in [4.69, 9.17) is 5.73 Å². The Bertz CT molecular complexity index is 1650. The Hall–Kier alpha value is -4.47. The van der Waals surface area contributed by atoms with Gasteiger partial charge in [0.1, 0.15) is 17.8 Å². The highest BCUT2D eigenvalue weighted by atomic mass is 19.4. The van der Waals surface area contributed by atoms with E-state index < -0.39 is 17.6 Å². The molecule has 0 saturated carbocycles. The SMILES string of the molecule is CCn1nc(C#Cc2cccc(C(=O)Nc3ccc(CN4CCN(C)CC4)c(C(F)(F)F)c3)c2)c2c(N)ncnc21. The van der Waals surface area contributed by atoms with E-state index in [1.165, 1.54) is 18.5 Å². The van der Waals surface area contributed by atoms with Crippen LogP contribution in [0.25, 0.3) is 11.0 Å². The lowest BCUT2D eigenvalue weighted by atomic mass is 10.0. The van der Waals surface area contributed by atoms with E-state index in [0.717, 1.165) is 19.2 Å². The fourth-order valence-electron chi connectivity index (χ4n) is 4.71. The lowest BCUT2D eigenvalue weighted by Gasteiger charge is -2.33. The molecule has 0 atom stereocenters. The summed E-state index contributed by atoms with van der Waals surface area (Å²) >= 11 is 0. The first-order valence-electron chi connectivity index (χ1n) is 13.1. The number of fused-ring (bicyclic) bond motifs is 1. The summed E-state index contributed by atoms with van der Waals surface area (Å²) in [5, 5.41) is 7.60. The van der Waals surface area contributed by atoms with Gasteiger partial charge in [0.15, 0.2) is 5.65 Å². The smallest absolute Gasteiger partial charge is 0.383 e. The molecule has 9 nitrogen and oxygen atoms in total. The number of benzene rings is 2. The first-order chi connectivity index (χ1) is 19.6. The number of amides is 1. The molecule has 3 N–H and O–H groups in total. The number of nitrogens with two attached hydrogens (primary N) is 1. The molecule has 0 unspecified atom stereocenters. The van der Waals surface area contributed by atoms with Gasteiger partial charge >= 0.3 is 6.18 Å². The number of piperazine rings is 1. The van der Waals surface area contributed by atoms with Crippen LogP contribution in [-0.2, 0) is 19.3 Å². The predicted molar refractivity (Wildman–Crippen MR) is 150 cm³/mol. The number of halogens is 3. The van der Waals surface area contributed by atoms with E-state index in [1.54, 1.807) is 28.9 Å². The maximum absolute atomic E-state index is 14.0. The molecular formula is C29H29F3N8O. The Morgan fingerprint density at radius 1 is 1.07 bits per heavy atom. The molecule has 3 heterocycles. The number of anilines is 2. The minimum Gasteiger partial charge on any atom is -0.383 e. The maximum atomic E-state index is 14.0. The van der Waals surface area contributed by atoms with Gasteiger partial charge in [0.05, 0.1) is 10.9 Å². The second-order valence-corrected chi connectivity index (χ2v) is 9.86. The largest absolute Gasteiger partial charge is 0.416 e. The molecule has 1 aliphatic rings. The number of hydrogen-bond donors (Lipinski definition) is 2. The number of aromatic nitrogens is 4. The standard InChI is InChI=1S/C29H29F3N8O/c1-3-40-27-25(26(33)34-18-35-27)24(37-40)10-7-19-5-4-6-20(15-19)28(41)36-22-9-8-21(23(16-22)29(30,31)32)17-39-13-11-38(2)12-14-39/h4-6,8-9,15-16,18H,3,11-14,17H2,1-2H3,(H,36,41)(H2,33,34,35). The third-order valence-electron chi connectivity index (χ3n) is 6.97. The van der Waals surface area contributed by atoms with Gasteiger partial charge in [-0.25, -0.2) is 14.6 Å². The van der Waals surface area contributed by atoms with Crippen LogP contribution in [0.3, 0.4) is 0 Å². The molecule has 4 aromatic rings. The second kappa shape index (κ2) is 11.6. The summed E-state index contributed by atoms with van der Waals surface area (Å²) in [6.45, 7) is 5.69. The Balaban J connectivity index is 1.35. The number of hydrogen-bond acceptors (Lipinski definition) is 7. The van der Waals surface area contributed by atoms with E-state index in [-0.39, 0.29) is 29.2 Å². The second-order valence-electron chi connectivity index (χ2n) is 9.86. The van der Waals surface area contributed by atoms with Crippen molar-refractivity contribution in [1.29, 1.82) is 0 Å². The third kappa shape index (κ3) is 6.32. The minimum atomic E-state index is -4.55. The van der Waals surface area contributed by atoms with E-state index in [9.17, 15) is 18.0 Å². The summed E-state index contributed by atoms with van der Waals surface area (Å²) < 4.78 is 43.5. The Morgan fingerprint density at radius 3 is 2.59 bits per heavy atom. The molecule has 1 fully saturated rings. The molecule has 0 spiro atoms. The first-order valence-corrected chi connectivity index (χ1v) is 13.1. The molecule has 2 aromatic heterocycles. The van der Waals surface area contributed by atoms with E-state index >= 15 is 0 Å². The zero-order chi connectivity index (χ0) is 29.1. The van der Waals surface area contributed by atoms with Crippen LogP contribution in [0.2, 0.25) is 0 Å². The number of carbonyl (C=O) groups excluding carboxylic acids is 1. The highest BCUT2D eigenvalue weighted by molar-refractivity contribution is 6.04. The van der Waals surface area contributed by atoms with Crippen molar-refractivity contribution in [2.24, 2.45) is 0 Å². The molecule has 2 aromatic carbocycles. The molecular weight excluding hydrogens is 533 g/mol. The Labute approximate surface area is 235 Å². The van der Waals surface area contributed by atoms with Crippen molar-refractivity contribution in [2.75, 3.05) is 44.3 Å². The van der Waals surface area contributed by atoms with Gasteiger partial charge in [0, 0.05) is 56.1 Å². The summed E-state index contributed by atoms with van der Waals surface area (Å²) in [4.78, 5) is 25.4. The topological polar surface area (TPSA) is 105 Å². The predicted octanol–water partition coefficient (Wildman–Crippen LogP) is 3.85. The van der Waals surface area contributed by atoms with Gasteiger partial charge in [-0.1, -0.05) is 18.1 Å². The van der Waals surface area contributed by atoms with Crippen LogP contribution < -0.4 is 11.1 Å². The monoisotopic (exact) mass is 562 g/mol. The molecule has 1 amide bonds. The van der Waals surface area contributed by atoms with Crippen molar-refractivity contribution < 1.29 is 18.0 Å². The molecule has 12 heteroatoms. The number of alkyl halides is 3. The number of rotatable bonds is 5. The molecule has 41 heavy (non-hydrogen) atoms. The summed E-state index contributed by atoms with van der Waals surface area (Å²) in [5.41, 5.74) is 7.27. The van der Waals surface area contributed by atoms with Crippen LogP contribution >= 0.6 is 0 Å². The maximum Gasteiger partial charge on any atom is 0.416 e. The number of nitrogens with zero attached hydrogens (tertiary/aromatic N) is 6. The quantitative estimate of drug-likeness (QED) is 0.356. The molecule has 1 saturated heterocycles.